The summed E-state index contributed by atoms with van der Waals surface area (Å²) in [6.07, 6.45) is 0. The number of fused-ring (bicyclic) bond motifs is 6. The number of rotatable bonds is 6. The van der Waals surface area contributed by atoms with Crippen molar-refractivity contribution >= 4 is 55.0 Å². The zero-order chi connectivity index (χ0) is 43.3. The average Bonchev–Trinajstić information content (AvgIpc) is 3.88. The third-order valence-electron chi connectivity index (χ3n) is 11.9. The van der Waals surface area contributed by atoms with E-state index in [4.69, 9.17) is 23.1 Å². The molecule has 8 nitrogen and oxygen atoms in total. The highest BCUT2D eigenvalue weighted by atomic mass is 15.0. The molecule has 8 heteroatoms. The lowest BCUT2D eigenvalue weighted by Gasteiger charge is -2.14. The van der Waals surface area contributed by atoms with Gasteiger partial charge in [0.1, 0.15) is 5.82 Å². The van der Waals surface area contributed by atoms with E-state index in [2.05, 4.69) is 134 Å². The molecule has 0 unspecified atom stereocenters. The zero-order valence-corrected chi connectivity index (χ0v) is 33.9. The maximum atomic E-state index is 10.7. The van der Waals surface area contributed by atoms with E-state index in [1.54, 1.807) is 60.7 Å². The van der Waals surface area contributed by atoms with Gasteiger partial charge in [-0.25, -0.2) is 19.7 Å². The predicted molar refractivity (Wildman–Crippen MR) is 254 cm³/mol. The molecule has 11 aromatic rings. The van der Waals surface area contributed by atoms with E-state index in [9.17, 15) is 10.5 Å². The molecule has 0 spiro atoms. The van der Waals surface area contributed by atoms with Gasteiger partial charge >= 0.3 is 0 Å². The van der Waals surface area contributed by atoms with Crippen LogP contribution in [0, 0.1) is 35.8 Å². The monoisotopic (exact) mass is 814 g/mol. The van der Waals surface area contributed by atoms with Gasteiger partial charge in [0.05, 0.1) is 69.9 Å². The Labute approximate surface area is 367 Å². The number of nitrogens with zero attached hydrogens (tertiary/aromatic N) is 8. The van der Waals surface area contributed by atoms with Gasteiger partial charge < -0.3 is 9.13 Å². The summed E-state index contributed by atoms with van der Waals surface area (Å²) in [7, 11) is 0. The minimum atomic E-state index is 0.249. The van der Waals surface area contributed by atoms with Crippen molar-refractivity contribution in [1.29, 1.82) is 10.5 Å². The largest absolute Gasteiger partial charge is 0.309 e. The van der Waals surface area contributed by atoms with Gasteiger partial charge in [-0.1, -0.05) is 115 Å². The number of hydrogen-bond donors (Lipinski definition) is 0. The SMILES string of the molecule is [C-]#[N+]c1ccccc1-c1cc(-c2c(C#N)cc(-c3ccc(-n4c5ccccc5c5cc(-n6c7ccccc7c7ccccc76)ccc54)cc3)cc2C#N)nc(-c2ccccc2[N+]#[C-])n1. The quantitative estimate of drug-likeness (QED) is 0.156. The molecular weight excluding hydrogens is 785 g/mol. The van der Waals surface area contributed by atoms with Gasteiger partial charge in [0.25, 0.3) is 0 Å². The lowest BCUT2D eigenvalue weighted by atomic mass is 9.92. The zero-order valence-electron chi connectivity index (χ0n) is 33.9. The van der Waals surface area contributed by atoms with E-state index < -0.39 is 0 Å². The van der Waals surface area contributed by atoms with Crippen molar-refractivity contribution < 1.29 is 0 Å². The number of aromatic nitrogens is 4. The summed E-state index contributed by atoms with van der Waals surface area (Å²) in [4.78, 5) is 17.1. The number of nitriles is 2. The summed E-state index contributed by atoms with van der Waals surface area (Å²) in [6, 6.07) is 64.5. The lowest BCUT2D eigenvalue weighted by molar-refractivity contribution is 1.17. The second-order valence-corrected chi connectivity index (χ2v) is 15.4. The molecule has 294 valence electrons. The molecular formula is C56H30N8. The Bertz CT molecular complexity index is 3730. The highest BCUT2D eigenvalue weighted by Crippen LogP contribution is 2.40. The lowest BCUT2D eigenvalue weighted by Crippen LogP contribution is -2.00. The van der Waals surface area contributed by atoms with E-state index in [1.807, 2.05) is 18.2 Å². The number of para-hydroxylation sites is 5. The summed E-state index contributed by atoms with van der Waals surface area (Å²) in [5.41, 5.74) is 11.5. The standard InChI is InChI=1S/C56H30N8/c1-59-47-18-8-3-16-44(47)49-32-50(62-56(61-49)45-17-4-9-19-48(45)60-2)55-37(33-57)29-36(30-38(55)34-58)35-23-25-39(26-24-35)63-53-22-12-7-15-43(53)46-31-40(27-28-54(46)63)64-51-20-10-5-13-41(51)42-14-6-11-21-52(42)64/h3-32H. The molecule has 0 atom stereocenters. The molecule has 64 heavy (non-hydrogen) atoms. The number of hydrogen-bond acceptors (Lipinski definition) is 4. The highest BCUT2D eigenvalue weighted by Gasteiger charge is 2.21. The van der Waals surface area contributed by atoms with Gasteiger partial charge in [-0.05, 0) is 77.9 Å². The van der Waals surface area contributed by atoms with E-state index in [-0.39, 0.29) is 17.0 Å². The Kier molecular flexibility index (Phi) is 8.85. The third-order valence-corrected chi connectivity index (χ3v) is 11.9. The van der Waals surface area contributed by atoms with E-state index in [0.29, 0.717) is 45.0 Å². The van der Waals surface area contributed by atoms with Crippen LogP contribution in [0.4, 0.5) is 11.4 Å². The van der Waals surface area contributed by atoms with Crippen LogP contribution in [0.5, 0.6) is 0 Å². The first-order valence-corrected chi connectivity index (χ1v) is 20.5. The van der Waals surface area contributed by atoms with Crippen LogP contribution in [0.15, 0.2) is 182 Å². The molecule has 0 N–H and O–H groups in total. The number of benzene rings is 8. The van der Waals surface area contributed by atoms with Crippen molar-refractivity contribution in [2.24, 2.45) is 0 Å². The topological polar surface area (TPSA) is 91.9 Å². The first-order chi connectivity index (χ1) is 31.6. The Hall–Kier alpha value is -9.60. The first-order valence-electron chi connectivity index (χ1n) is 20.5. The predicted octanol–water partition coefficient (Wildman–Crippen LogP) is 14.2. The summed E-state index contributed by atoms with van der Waals surface area (Å²) >= 11 is 0. The minimum Gasteiger partial charge on any atom is -0.309 e. The van der Waals surface area contributed by atoms with E-state index in [1.165, 1.54) is 10.8 Å². The fourth-order valence-electron chi connectivity index (χ4n) is 9.02. The van der Waals surface area contributed by atoms with Gasteiger partial charge in [0.2, 0.25) is 0 Å². The van der Waals surface area contributed by atoms with Gasteiger partial charge in [-0.2, -0.15) is 10.5 Å². The normalized spacial score (nSPS) is 11.1. The molecule has 0 radical (unpaired) electrons. The van der Waals surface area contributed by atoms with Gasteiger partial charge in [-0.15, -0.1) is 0 Å². The fraction of sp³-hybridized carbons (Fsp3) is 0. The first kappa shape index (κ1) is 37.4. The Balaban J connectivity index is 1.02. The van der Waals surface area contributed by atoms with Crippen molar-refractivity contribution in [3.8, 4) is 68.5 Å². The van der Waals surface area contributed by atoms with Crippen LogP contribution in [-0.4, -0.2) is 19.1 Å². The Morgan fingerprint density at radius 1 is 0.422 bits per heavy atom. The minimum absolute atomic E-state index is 0.249. The Morgan fingerprint density at radius 3 is 1.48 bits per heavy atom. The molecule has 3 aromatic heterocycles. The molecule has 11 rings (SSSR count). The molecule has 3 heterocycles. The summed E-state index contributed by atoms with van der Waals surface area (Å²) < 4.78 is 4.62. The highest BCUT2D eigenvalue weighted by molar-refractivity contribution is 6.12. The van der Waals surface area contributed by atoms with Crippen molar-refractivity contribution in [2.75, 3.05) is 0 Å². The van der Waals surface area contributed by atoms with Crippen LogP contribution in [-0.2, 0) is 0 Å². The maximum absolute atomic E-state index is 10.7. The molecule has 0 fully saturated rings. The maximum Gasteiger partial charge on any atom is 0.198 e. The van der Waals surface area contributed by atoms with Crippen LogP contribution in [0.3, 0.4) is 0 Å². The molecule has 8 aromatic carbocycles. The van der Waals surface area contributed by atoms with Crippen molar-refractivity contribution in [2.45, 2.75) is 0 Å². The van der Waals surface area contributed by atoms with Crippen molar-refractivity contribution in [1.82, 2.24) is 19.1 Å². The summed E-state index contributed by atoms with van der Waals surface area (Å²) in [5.74, 6) is 0.249. The second kappa shape index (κ2) is 15.1. The second-order valence-electron chi connectivity index (χ2n) is 15.4. The van der Waals surface area contributed by atoms with Crippen LogP contribution < -0.4 is 0 Å². The molecule has 0 amide bonds. The van der Waals surface area contributed by atoms with Crippen molar-refractivity contribution in [3.63, 3.8) is 0 Å². The molecule has 0 saturated heterocycles. The summed E-state index contributed by atoms with van der Waals surface area (Å²) in [5, 5.41) is 26.1. The van der Waals surface area contributed by atoms with Crippen LogP contribution in [0.1, 0.15) is 11.1 Å². The molecule has 0 bridgehead atoms. The van der Waals surface area contributed by atoms with Gasteiger partial charge in [-0.3, -0.25) is 0 Å². The smallest absolute Gasteiger partial charge is 0.198 e. The third kappa shape index (κ3) is 5.96. The van der Waals surface area contributed by atoms with Crippen LogP contribution >= 0.6 is 0 Å². The van der Waals surface area contributed by atoms with Crippen LogP contribution in [0.25, 0.3) is 110 Å². The molecule has 0 saturated carbocycles. The molecule has 0 aliphatic carbocycles. The van der Waals surface area contributed by atoms with Gasteiger partial charge in [0.15, 0.2) is 11.4 Å². The van der Waals surface area contributed by atoms with E-state index in [0.717, 1.165) is 49.8 Å². The summed E-state index contributed by atoms with van der Waals surface area (Å²) in [6.45, 7) is 15.6. The molecule has 0 aliphatic rings. The molecule has 0 aliphatic heterocycles. The Morgan fingerprint density at radius 2 is 0.891 bits per heavy atom. The van der Waals surface area contributed by atoms with Crippen molar-refractivity contribution in [3.05, 3.63) is 216 Å². The average molecular weight is 815 g/mol. The van der Waals surface area contributed by atoms with Gasteiger partial charge in [0, 0.05) is 49.6 Å². The van der Waals surface area contributed by atoms with E-state index >= 15 is 0 Å². The fourth-order valence-corrected chi connectivity index (χ4v) is 9.02. The van der Waals surface area contributed by atoms with Crippen LogP contribution in [0.2, 0.25) is 0 Å².